The molecule has 0 amide bonds. The van der Waals surface area contributed by atoms with E-state index in [1.165, 1.54) is 7.11 Å². The van der Waals surface area contributed by atoms with Crippen LogP contribution in [-0.4, -0.2) is 36.1 Å². The van der Waals surface area contributed by atoms with E-state index in [0.29, 0.717) is 16.6 Å². The van der Waals surface area contributed by atoms with Crippen molar-refractivity contribution in [3.05, 3.63) is 42.0 Å². The molecule has 8 nitrogen and oxygen atoms in total. The van der Waals surface area contributed by atoms with Gasteiger partial charge < -0.3 is 20.5 Å². The standard InChI is InChI=1S/C20H22N6O2/c1-11(2)26(3)19-18(12-5-8-15-17(9-12)24-25-23-15)21-14-7-6-13(20(27)28-4)10-16(14)22-19/h5-11,23-25H,1-4H3. The number of ether oxygens (including phenoxy) is 1. The number of methoxy groups -OCH3 is 1. The summed E-state index contributed by atoms with van der Waals surface area (Å²) in [4.78, 5) is 23.7. The van der Waals surface area contributed by atoms with E-state index in [0.717, 1.165) is 28.5 Å². The normalized spacial score (nSPS) is 12.5. The quantitative estimate of drug-likeness (QED) is 0.596. The fourth-order valence-corrected chi connectivity index (χ4v) is 3.04. The van der Waals surface area contributed by atoms with Crippen molar-refractivity contribution in [1.82, 2.24) is 15.5 Å². The average molecular weight is 378 g/mol. The highest BCUT2D eigenvalue weighted by Gasteiger charge is 2.19. The van der Waals surface area contributed by atoms with E-state index >= 15 is 0 Å². The summed E-state index contributed by atoms with van der Waals surface area (Å²) in [5.74, 6) is 0.361. The summed E-state index contributed by atoms with van der Waals surface area (Å²) in [5.41, 5.74) is 14.5. The third-order valence-corrected chi connectivity index (χ3v) is 4.86. The van der Waals surface area contributed by atoms with Gasteiger partial charge in [-0.15, -0.1) is 5.53 Å². The lowest BCUT2D eigenvalue weighted by molar-refractivity contribution is 0.0601. The van der Waals surface area contributed by atoms with Crippen LogP contribution in [-0.2, 0) is 4.74 Å². The third-order valence-electron chi connectivity index (χ3n) is 4.86. The van der Waals surface area contributed by atoms with E-state index in [1.807, 2.05) is 25.2 Å². The van der Waals surface area contributed by atoms with Crippen molar-refractivity contribution in [3.63, 3.8) is 0 Å². The van der Waals surface area contributed by atoms with Crippen LogP contribution in [0.1, 0.15) is 24.2 Å². The number of benzene rings is 2. The molecule has 2 aromatic carbocycles. The van der Waals surface area contributed by atoms with Crippen LogP contribution in [0.25, 0.3) is 22.3 Å². The van der Waals surface area contributed by atoms with E-state index in [2.05, 4.69) is 35.1 Å². The average Bonchev–Trinajstić information content (AvgIpc) is 3.18. The third kappa shape index (κ3) is 3.07. The van der Waals surface area contributed by atoms with Gasteiger partial charge in [-0.1, -0.05) is 6.07 Å². The molecule has 0 fully saturated rings. The largest absolute Gasteiger partial charge is 0.465 e. The fourth-order valence-electron chi connectivity index (χ4n) is 3.04. The Labute approximate surface area is 162 Å². The van der Waals surface area contributed by atoms with Crippen LogP contribution in [0.5, 0.6) is 0 Å². The van der Waals surface area contributed by atoms with Gasteiger partial charge in [-0.2, -0.15) is 0 Å². The lowest BCUT2D eigenvalue weighted by Gasteiger charge is -2.25. The number of carbonyl (C=O) groups is 1. The summed E-state index contributed by atoms with van der Waals surface area (Å²) in [6, 6.07) is 11.5. The molecule has 28 heavy (non-hydrogen) atoms. The second-order valence-corrected chi connectivity index (χ2v) is 6.93. The van der Waals surface area contributed by atoms with Crippen LogP contribution >= 0.6 is 0 Å². The maximum Gasteiger partial charge on any atom is 0.337 e. The van der Waals surface area contributed by atoms with Crippen LogP contribution in [0.3, 0.4) is 0 Å². The molecule has 0 bridgehead atoms. The Kier molecular flexibility index (Phi) is 4.48. The molecular formula is C20H22N6O2. The molecule has 0 saturated heterocycles. The number of carbonyl (C=O) groups excluding carboxylic acids is 1. The smallest absolute Gasteiger partial charge is 0.337 e. The number of fused-ring (bicyclic) bond motifs is 2. The molecule has 8 heteroatoms. The molecule has 3 aromatic rings. The highest BCUT2D eigenvalue weighted by molar-refractivity contribution is 5.94. The number of esters is 1. The molecule has 0 spiro atoms. The molecule has 1 aliphatic rings. The molecule has 144 valence electrons. The van der Waals surface area contributed by atoms with Gasteiger partial charge in [-0.05, 0) is 44.2 Å². The second kappa shape index (κ2) is 6.97. The molecule has 0 unspecified atom stereocenters. The minimum atomic E-state index is -0.392. The Morgan fingerprint density at radius 2 is 1.82 bits per heavy atom. The number of rotatable bonds is 4. The van der Waals surface area contributed by atoms with E-state index in [1.54, 1.807) is 18.2 Å². The topological polar surface area (TPSA) is 91.4 Å². The summed E-state index contributed by atoms with van der Waals surface area (Å²) >= 11 is 0. The molecule has 4 rings (SSSR count). The lowest BCUT2D eigenvalue weighted by atomic mass is 10.1. The number of anilines is 3. The van der Waals surface area contributed by atoms with Crippen molar-refractivity contribution < 1.29 is 9.53 Å². The number of aromatic nitrogens is 2. The zero-order valence-corrected chi connectivity index (χ0v) is 16.2. The summed E-state index contributed by atoms with van der Waals surface area (Å²) < 4.78 is 4.82. The van der Waals surface area contributed by atoms with E-state index in [9.17, 15) is 4.79 Å². The highest BCUT2D eigenvalue weighted by Crippen LogP contribution is 2.35. The number of nitrogens with one attached hydrogen (secondary N) is 3. The van der Waals surface area contributed by atoms with Gasteiger partial charge in [0, 0.05) is 18.7 Å². The first-order valence-electron chi connectivity index (χ1n) is 9.02. The van der Waals surface area contributed by atoms with Gasteiger partial charge in [0.1, 0.15) is 5.69 Å². The van der Waals surface area contributed by atoms with Crippen molar-refractivity contribution in [2.24, 2.45) is 0 Å². The van der Waals surface area contributed by atoms with Crippen molar-refractivity contribution >= 4 is 34.2 Å². The van der Waals surface area contributed by atoms with Gasteiger partial charge in [0.25, 0.3) is 0 Å². The second-order valence-electron chi connectivity index (χ2n) is 6.93. The summed E-state index contributed by atoms with van der Waals surface area (Å²) in [5, 5.41) is 0. The Hall–Kier alpha value is -3.39. The summed E-state index contributed by atoms with van der Waals surface area (Å²) in [6.07, 6.45) is 0. The first kappa shape index (κ1) is 18.0. The molecule has 0 radical (unpaired) electrons. The highest BCUT2D eigenvalue weighted by atomic mass is 16.5. The number of nitrogens with zero attached hydrogens (tertiary/aromatic N) is 3. The van der Waals surface area contributed by atoms with Crippen molar-refractivity contribution in [1.29, 1.82) is 0 Å². The zero-order valence-electron chi connectivity index (χ0n) is 16.2. The molecule has 0 saturated carbocycles. The summed E-state index contributed by atoms with van der Waals surface area (Å²) in [6.45, 7) is 4.19. The SMILES string of the molecule is COC(=O)c1ccc2nc(-c3ccc4c(c3)NNN4)c(N(C)C(C)C)nc2c1. The van der Waals surface area contributed by atoms with Crippen LogP contribution in [0.15, 0.2) is 36.4 Å². The predicted molar refractivity (Wildman–Crippen MR) is 110 cm³/mol. The van der Waals surface area contributed by atoms with Crippen LogP contribution in [0.2, 0.25) is 0 Å². The molecular weight excluding hydrogens is 356 g/mol. The summed E-state index contributed by atoms with van der Waals surface area (Å²) in [7, 11) is 3.35. The molecule has 1 aromatic heterocycles. The monoisotopic (exact) mass is 378 g/mol. The van der Waals surface area contributed by atoms with Crippen molar-refractivity contribution in [3.8, 4) is 11.3 Å². The predicted octanol–water partition coefficient (Wildman–Crippen LogP) is 3.19. The maximum atomic E-state index is 11.9. The van der Waals surface area contributed by atoms with Gasteiger partial charge in [-0.25, -0.2) is 14.8 Å². The molecule has 2 heterocycles. The number of hydrazine groups is 2. The maximum absolute atomic E-state index is 11.9. The van der Waals surface area contributed by atoms with E-state index in [4.69, 9.17) is 14.7 Å². The van der Waals surface area contributed by atoms with Gasteiger partial charge in [-0.3, -0.25) is 0 Å². The molecule has 3 N–H and O–H groups in total. The van der Waals surface area contributed by atoms with Gasteiger partial charge in [0.15, 0.2) is 5.82 Å². The van der Waals surface area contributed by atoms with Crippen molar-refractivity contribution in [2.75, 3.05) is 29.9 Å². The minimum absolute atomic E-state index is 0.227. The first-order valence-corrected chi connectivity index (χ1v) is 9.02. The Bertz CT molecular complexity index is 1070. The molecule has 0 atom stereocenters. The van der Waals surface area contributed by atoms with Gasteiger partial charge >= 0.3 is 5.97 Å². The Morgan fingerprint density at radius 1 is 1.04 bits per heavy atom. The van der Waals surface area contributed by atoms with Crippen LogP contribution < -0.4 is 21.3 Å². The Balaban J connectivity index is 1.91. The zero-order chi connectivity index (χ0) is 19.8. The Morgan fingerprint density at radius 3 is 2.57 bits per heavy atom. The van der Waals surface area contributed by atoms with Crippen LogP contribution in [0.4, 0.5) is 17.2 Å². The first-order chi connectivity index (χ1) is 13.5. The minimum Gasteiger partial charge on any atom is -0.465 e. The van der Waals surface area contributed by atoms with Crippen LogP contribution in [0, 0.1) is 0 Å². The van der Waals surface area contributed by atoms with Gasteiger partial charge in [0.05, 0.1) is 35.1 Å². The fraction of sp³-hybridized carbons (Fsp3) is 0.250. The lowest BCUT2D eigenvalue weighted by Crippen LogP contribution is -2.27. The molecule has 1 aliphatic heterocycles. The molecule has 0 aliphatic carbocycles. The van der Waals surface area contributed by atoms with E-state index < -0.39 is 5.97 Å². The van der Waals surface area contributed by atoms with Gasteiger partial charge in [0.2, 0.25) is 0 Å². The number of hydrogen-bond donors (Lipinski definition) is 3. The number of hydrogen-bond acceptors (Lipinski definition) is 8. The van der Waals surface area contributed by atoms with E-state index in [-0.39, 0.29) is 6.04 Å². The van der Waals surface area contributed by atoms with Crippen molar-refractivity contribution in [2.45, 2.75) is 19.9 Å².